The molecular formula is C25H19N3O3S2. The van der Waals surface area contributed by atoms with Crippen LogP contribution < -0.4 is 4.74 Å². The SMILES string of the molecule is COc1cccc(-c2nn(-c3ccccc3)cc2C=C2SC(=S)N(Cc3ccco3)C2=O)c1. The topological polar surface area (TPSA) is 60.5 Å². The van der Waals surface area contributed by atoms with Crippen LogP contribution in [0.25, 0.3) is 23.0 Å². The number of furan rings is 1. The van der Waals surface area contributed by atoms with E-state index >= 15 is 0 Å². The number of amides is 1. The molecule has 1 saturated heterocycles. The summed E-state index contributed by atoms with van der Waals surface area (Å²) in [5.74, 6) is 1.27. The first kappa shape index (κ1) is 21.2. The van der Waals surface area contributed by atoms with Gasteiger partial charge in [-0.1, -0.05) is 54.3 Å². The van der Waals surface area contributed by atoms with E-state index < -0.39 is 0 Å². The molecule has 33 heavy (non-hydrogen) atoms. The van der Waals surface area contributed by atoms with Crippen molar-refractivity contribution in [1.82, 2.24) is 14.7 Å². The summed E-state index contributed by atoms with van der Waals surface area (Å²) in [7, 11) is 1.63. The van der Waals surface area contributed by atoms with Crippen LogP contribution in [-0.2, 0) is 11.3 Å². The molecule has 0 bridgehead atoms. The minimum atomic E-state index is -0.148. The van der Waals surface area contributed by atoms with Crippen molar-refractivity contribution < 1.29 is 13.9 Å². The molecule has 0 radical (unpaired) electrons. The highest BCUT2D eigenvalue weighted by Gasteiger charge is 2.33. The number of para-hydroxylation sites is 1. The van der Waals surface area contributed by atoms with Gasteiger partial charge in [-0.05, 0) is 42.5 Å². The van der Waals surface area contributed by atoms with Gasteiger partial charge in [0.2, 0.25) is 0 Å². The third kappa shape index (κ3) is 4.35. The highest BCUT2D eigenvalue weighted by molar-refractivity contribution is 8.26. The zero-order chi connectivity index (χ0) is 22.8. The van der Waals surface area contributed by atoms with Crippen LogP contribution in [0.15, 0.2) is 88.5 Å². The van der Waals surface area contributed by atoms with Gasteiger partial charge in [0.1, 0.15) is 21.5 Å². The molecule has 1 aliphatic rings. The third-order valence-corrected chi connectivity index (χ3v) is 6.54. The minimum absolute atomic E-state index is 0.148. The van der Waals surface area contributed by atoms with Gasteiger partial charge in [0.15, 0.2) is 0 Å². The molecule has 0 spiro atoms. The van der Waals surface area contributed by atoms with Gasteiger partial charge in [-0.2, -0.15) is 5.10 Å². The number of rotatable bonds is 6. The lowest BCUT2D eigenvalue weighted by Gasteiger charge is -2.11. The summed E-state index contributed by atoms with van der Waals surface area (Å²) in [6.07, 6.45) is 5.35. The molecule has 0 aliphatic carbocycles. The molecule has 3 heterocycles. The van der Waals surface area contributed by atoms with Gasteiger partial charge in [-0.25, -0.2) is 4.68 Å². The molecule has 164 valence electrons. The Balaban J connectivity index is 1.55. The molecule has 1 fully saturated rings. The predicted molar refractivity (Wildman–Crippen MR) is 133 cm³/mol. The van der Waals surface area contributed by atoms with Crippen molar-refractivity contribution in [2.75, 3.05) is 7.11 Å². The fourth-order valence-electron chi connectivity index (χ4n) is 3.54. The Kier molecular flexibility index (Phi) is 5.85. The number of carbonyl (C=O) groups excluding carboxylic acids is 1. The summed E-state index contributed by atoms with van der Waals surface area (Å²) in [5.41, 5.74) is 3.37. The highest BCUT2D eigenvalue weighted by atomic mass is 32.2. The summed E-state index contributed by atoms with van der Waals surface area (Å²) in [4.78, 5) is 15.2. The first-order valence-electron chi connectivity index (χ1n) is 10.2. The molecule has 0 unspecified atom stereocenters. The maximum absolute atomic E-state index is 13.1. The van der Waals surface area contributed by atoms with Crippen LogP contribution in [0.3, 0.4) is 0 Å². The Bertz CT molecular complexity index is 1340. The lowest BCUT2D eigenvalue weighted by molar-refractivity contribution is -0.122. The Hall–Kier alpha value is -3.62. The Morgan fingerprint density at radius 2 is 1.97 bits per heavy atom. The molecule has 1 amide bonds. The van der Waals surface area contributed by atoms with Crippen LogP contribution in [0.1, 0.15) is 11.3 Å². The molecule has 0 atom stereocenters. The smallest absolute Gasteiger partial charge is 0.266 e. The van der Waals surface area contributed by atoms with Crippen molar-refractivity contribution in [3.8, 4) is 22.7 Å². The lowest BCUT2D eigenvalue weighted by Crippen LogP contribution is -2.27. The molecule has 0 saturated carbocycles. The van der Waals surface area contributed by atoms with Crippen molar-refractivity contribution in [3.05, 3.63) is 95.4 Å². The number of thiocarbonyl (C=S) groups is 1. The fourth-order valence-corrected chi connectivity index (χ4v) is 4.78. The van der Waals surface area contributed by atoms with Crippen LogP contribution in [-0.4, -0.2) is 32.0 Å². The average molecular weight is 474 g/mol. The van der Waals surface area contributed by atoms with E-state index in [-0.39, 0.29) is 5.91 Å². The molecule has 4 aromatic rings. The maximum Gasteiger partial charge on any atom is 0.266 e. The van der Waals surface area contributed by atoms with Crippen molar-refractivity contribution in [2.24, 2.45) is 0 Å². The monoisotopic (exact) mass is 473 g/mol. The third-order valence-electron chi connectivity index (χ3n) is 5.16. The van der Waals surface area contributed by atoms with Crippen molar-refractivity contribution in [3.63, 3.8) is 0 Å². The van der Waals surface area contributed by atoms with E-state index in [4.69, 9.17) is 26.5 Å². The second-order valence-corrected chi connectivity index (χ2v) is 8.97. The number of hydrogen-bond acceptors (Lipinski definition) is 6. The van der Waals surface area contributed by atoms with Crippen molar-refractivity contribution in [2.45, 2.75) is 6.54 Å². The predicted octanol–water partition coefficient (Wildman–Crippen LogP) is 5.54. The van der Waals surface area contributed by atoms with Crippen LogP contribution >= 0.6 is 24.0 Å². The van der Waals surface area contributed by atoms with E-state index in [0.717, 1.165) is 28.3 Å². The summed E-state index contributed by atoms with van der Waals surface area (Å²) >= 11 is 6.75. The average Bonchev–Trinajstić information content (AvgIpc) is 3.57. The Labute approximate surface area is 200 Å². The van der Waals surface area contributed by atoms with Crippen molar-refractivity contribution >= 4 is 40.3 Å². The van der Waals surface area contributed by atoms with Gasteiger partial charge in [0, 0.05) is 17.3 Å². The van der Waals surface area contributed by atoms with Gasteiger partial charge in [0.05, 0.1) is 30.5 Å². The normalized spacial score (nSPS) is 14.9. The molecule has 2 aromatic carbocycles. The molecular weight excluding hydrogens is 454 g/mol. The number of carbonyl (C=O) groups is 1. The molecule has 0 N–H and O–H groups in total. The van der Waals surface area contributed by atoms with E-state index in [1.54, 1.807) is 24.3 Å². The van der Waals surface area contributed by atoms with Gasteiger partial charge >= 0.3 is 0 Å². The zero-order valence-electron chi connectivity index (χ0n) is 17.7. The molecule has 5 rings (SSSR count). The quantitative estimate of drug-likeness (QED) is 0.271. The van der Waals surface area contributed by atoms with Gasteiger partial charge in [-0.3, -0.25) is 9.69 Å². The first-order valence-corrected chi connectivity index (χ1v) is 11.4. The minimum Gasteiger partial charge on any atom is -0.497 e. The van der Waals surface area contributed by atoms with Crippen molar-refractivity contribution in [1.29, 1.82) is 0 Å². The standard InChI is InChI=1S/C25H19N3O3S2/c1-30-20-10-5-7-17(13-20)23-18(15-28(26-23)19-8-3-2-4-9-19)14-22-24(29)27(25(32)33-22)16-21-11-6-12-31-21/h2-15H,16H2,1H3. The van der Waals surface area contributed by atoms with Crippen LogP contribution in [0.2, 0.25) is 0 Å². The number of nitrogens with zero attached hydrogens (tertiary/aromatic N) is 3. The number of aromatic nitrogens is 2. The molecule has 2 aromatic heterocycles. The zero-order valence-corrected chi connectivity index (χ0v) is 19.3. The largest absolute Gasteiger partial charge is 0.497 e. The first-order chi connectivity index (χ1) is 16.1. The van der Waals surface area contributed by atoms with E-state index in [9.17, 15) is 4.79 Å². The fraction of sp³-hybridized carbons (Fsp3) is 0.0800. The number of thioether (sulfide) groups is 1. The molecule has 8 heteroatoms. The van der Waals surface area contributed by atoms with Gasteiger partial charge in [0.25, 0.3) is 5.91 Å². The summed E-state index contributed by atoms with van der Waals surface area (Å²) < 4.78 is 13.1. The molecule has 6 nitrogen and oxygen atoms in total. The number of benzene rings is 2. The van der Waals surface area contributed by atoms with E-state index in [0.29, 0.717) is 21.5 Å². The second-order valence-electron chi connectivity index (χ2n) is 7.29. The van der Waals surface area contributed by atoms with E-state index in [1.165, 1.54) is 11.8 Å². The van der Waals surface area contributed by atoms with E-state index in [2.05, 4.69) is 0 Å². The highest BCUT2D eigenvalue weighted by Crippen LogP contribution is 2.36. The summed E-state index contributed by atoms with van der Waals surface area (Å²) in [6.45, 7) is 0.307. The lowest BCUT2D eigenvalue weighted by atomic mass is 10.1. The van der Waals surface area contributed by atoms with Gasteiger partial charge < -0.3 is 9.15 Å². The number of methoxy groups -OCH3 is 1. The maximum atomic E-state index is 13.1. The summed E-state index contributed by atoms with van der Waals surface area (Å²) in [5, 5.41) is 4.83. The molecule has 1 aliphatic heterocycles. The van der Waals surface area contributed by atoms with Crippen LogP contribution in [0.5, 0.6) is 5.75 Å². The van der Waals surface area contributed by atoms with Crippen LogP contribution in [0, 0.1) is 0 Å². The summed E-state index contributed by atoms with van der Waals surface area (Å²) in [6, 6.07) is 21.2. The van der Waals surface area contributed by atoms with E-state index in [1.807, 2.05) is 77.6 Å². The van der Waals surface area contributed by atoms with Gasteiger partial charge in [-0.15, -0.1) is 0 Å². The Morgan fingerprint density at radius 3 is 2.73 bits per heavy atom. The number of ether oxygens (including phenoxy) is 1. The van der Waals surface area contributed by atoms with Crippen LogP contribution in [0.4, 0.5) is 0 Å². The Morgan fingerprint density at radius 1 is 1.12 bits per heavy atom. The number of hydrogen-bond donors (Lipinski definition) is 0. The second kappa shape index (κ2) is 9.09.